The first-order chi connectivity index (χ1) is 11.4. The quantitative estimate of drug-likeness (QED) is 0.707. The number of hydrogen-bond acceptors (Lipinski definition) is 2. The summed E-state index contributed by atoms with van der Waals surface area (Å²) in [6, 6.07) is 20.5. The second kappa shape index (κ2) is 8.27. The van der Waals surface area contributed by atoms with Gasteiger partial charge in [-0.25, -0.2) is 13.1 Å². The summed E-state index contributed by atoms with van der Waals surface area (Å²) < 4.78 is 25.4. The van der Waals surface area contributed by atoms with E-state index >= 15 is 0 Å². The largest absolute Gasteiger partial charge is 0.215 e. The minimum Gasteiger partial charge on any atom is -0.215 e. The first-order valence-corrected chi connectivity index (χ1v) is 9.98. The molecule has 24 heavy (non-hydrogen) atoms. The molecule has 2 aromatic rings. The van der Waals surface area contributed by atoms with Gasteiger partial charge in [0.25, 0.3) is 0 Å². The Kier molecular flexibility index (Phi) is 6.35. The van der Waals surface area contributed by atoms with Crippen LogP contribution in [-0.2, 0) is 22.9 Å². The second-order valence-corrected chi connectivity index (χ2v) is 8.14. The van der Waals surface area contributed by atoms with Crippen LogP contribution in [0.25, 0.3) is 0 Å². The Morgan fingerprint density at radius 2 is 1.42 bits per heavy atom. The second-order valence-electron chi connectivity index (χ2n) is 6.31. The first kappa shape index (κ1) is 18.4. The Morgan fingerprint density at radius 3 is 1.79 bits per heavy atom. The fourth-order valence-electron chi connectivity index (χ4n) is 2.98. The lowest BCUT2D eigenvalue weighted by Crippen LogP contribution is -2.31. The van der Waals surface area contributed by atoms with Crippen molar-refractivity contribution in [2.75, 3.05) is 12.8 Å². The maximum Gasteiger partial charge on any atom is 0.208 e. The van der Waals surface area contributed by atoms with Gasteiger partial charge in [-0.15, -0.1) is 6.58 Å². The van der Waals surface area contributed by atoms with Crippen molar-refractivity contribution in [1.29, 1.82) is 0 Å². The Morgan fingerprint density at radius 1 is 0.958 bits per heavy atom. The van der Waals surface area contributed by atoms with Gasteiger partial charge in [0.1, 0.15) is 0 Å². The fraction of sp³-hybridized carbons (Fsp3) is 0.300. The predicted octanol–water partition coefficient (Wildman–Crippen LogP) is 3.58. The van der Waals surface area contributed by atoms with Crippen molar-refractivity contribution in [2.24, 2.45) is 5.41 Å². The topological polar surface area (TPSA) is 46.2 Å². The molecule has 0 amide bonds. The van der Waals surface area contributed by atoms with Crippen LogP contribution in [0.1, 0.15) is 17.5 Å². The number of allylic oxidation sites excluding steroid dienone is 1. The van der Waals surface area contributed by atoms with E-state index in [2.05, 4.69) is 35.6 Å². The van der Waals surface area contributed by atoms with E-state index in [1.807, 2.05) is 42.5 Å². The molecule has 0 aromatic heterocycles. The highest BCUT2D eigenvalue weighted by atomic mass is 32.2. The molecule has 0 atom stereocenters. The number of hydrogen-bond donors (Lipinski definition) is 1. The number of benzene rings is 2. The predicted molar refractivity (Wildman–Crippen MR) is 100 cm³/mol. The summed E-state index contributed by atoms with van der Waals surface area (Å²) in [5, 5.41) is 0. The summed E-state index contributed by atoms with van der Waals surface area (Å²) in [5.74, 6) is 0. The van der Waals surface area contributed by atoms with Crippen LogP contribution in [0, 0.1) is 5.41 Å². The van der Waals surface area contributed by atoms with Gasteiger partial charge in [-0.05, 0) is 35.8 Å². The summed E-state index contributed by atoms with van der Waals surface area (Å²) in [7, 11) is -3.18. The van der Waals surface area contributed by atoms with E-state index in [4.69, 9.17) is 0 Å². The molecule has 2 aromatic carbocycles. The van der Waals surface area contributed by atoms with Gasteiger partial charge < -0.3 is 0 Å². The monoisotopic (exact) mass is 343 g/mol. The van der Waals surface area contributed by atoms with Crippen LogP contribution < -0.4 is 4.72 Å². The van der Waals surface area contributed by atoms with Crippen LogP contribution in [0.5, 0.6) is 0 Å². The molecule has 0 saturated heterocycles. The molecule has 0 heterocycles. The molecule has 0 aliphatic heterocycles. The van der Waals surface area contributed by atoms with E-state index in [1.54, 1.807) is 0 Å². The van der Waals surface area contributed by atoms with Crippen molar-refractivity contribution in [1.82, 2.24) is 4.72 Å². The average molecular weight is 343 g/mol. The average Bonchev–Trinajstić information content (AvgIpc) is 2.55. The molecule has 3 nitrogen and oxygen atoms in total. The standard InChI is InChI=1S/C20H25NO2S/c1-3-20(14-15-21-24(2,22)23,16-18-10-6-4-7-11-18)17-19-12-8-5-9-13-19/h3-13,21H,1,14-17H2,2H3. The zero-order valence-corrected chi connectivity index (χ0v) is 14.9. The summed E-state index contributed by atoms with van der Waals surface area (Å²) in [6.07, 6.45) is 5.54. The molecule has 0 radical (unpaired) electrons. The van der Waals surface area contributed by atoms with Crippen LogP contribution >= 0.6 is 0 Å². The van der Waals surface area contributed by atoms with Gasteiger partial charge in [-0.2, -0.15) is 0 Å². The van der Waals surface area contributed by atoms with Gasteiger partial charge in [0, 0.05) is 6.54 Å². The first-order valence-electron chi connectivity index (χ1n) is 8.09. The normalized spacial score (nSPS) is 12.0. The highest BCUT2D eigenvalue weighted by Gasteiger charge is 2.27. The van der Waals surface area contributed by atoms with E-state index in [0.717, 1.165) is 12.8 Å². The van der Waals surface area contributed by atoms with Gasteiger partial charge >= 0.3 is 0 Å². The molecule has 0 aliphatic carbocycles. The molecule has 128 valence electrons. The molecule has 0 saturated carbocycles. The lowest BCUT2D eigenvalue weighted by atomic mass is 9.74. The Labute approximate surface area is 145 Å². The number of rotatable bonds is 9. The molecule has 0 unspecified atom stereocenters. The van der Waals surface area contributed by atoms with E-state index in [-0.39, 0.29) is 5.41 Å². The molecule has 2 rings (SSSR count). The third-order valence-electron chi connectivity index (χ3n) is 4.22. The van der Waals surface area contributed by atoms with E-state index < -0.39 is 10.0 Å². The summed E-state index contributed by atoms with van der Waals surface area (Å²) >= 11 is 0. The maximum absolute atomic E-state index is 11.4. The minimum absolute atomic E-state index is 0.194. The van der Waals surface area contributed by atoms with Gasteiger partial charge in [0.2, 0.25) is 10.0 Å². The summed E-state index contributed by atoms with van der Waals surface area (Å²) in [4.78, 5) is 0. The van der Waals surface area contributed by atoms with E-state index in [9.17, 15) is 8.42 Å². The smallest absolute Gasteiger partial charge is 0.208 e. The Hall–Kier alpha value is -1.91. The number of nitrogens with one attached hydrogen (secondary N) is 1. The van der Waals surface area contributed by atoms with Gasteiger partial charge in [0.15, 0.2) is 0 Å². The van der Waals surface area contributed by atoms with Crippen molar-refractivity contribution >= 4 is 10.0 Å². The summed E-state index contributed by atoms with van der Waals surface area (Å²) in [6.45, 7) is 4.47. The molecule has 1 N–H and O–H groups in total. The van der Waals surface area contributed by atoms with Gasteiger partial charge in [0.05, 0.1) is 6.26 Å². The zero-order chi connectivity index (χ0) is 17.5. The maximum atomic E-state index is 11.4. The van der Waals surface area contributed by atoms with Crippen LogP contribution in [0.15, 0.2) is 73.3 Å². The molecular weight excluding hydrogens is 318 g/mol. The molecule has 0 bridgehead atoms. The molecule has 0 aliphatic rings. The van der Waals surface area contributed by atoms with Crippen molar-refractivity contribution in [3.63, 3.8) is 0 Å². The highest BCUT2D eigenvalue weighted by molar-refractivity contribution is 7.88. The van der Waals surface area contributed by atoms with Crippen LogP contribution in [0.3, 0.4) is 0 Å². The Balaban J connectivity index is 2.21. The van der Waals surface area contributed by atoms with E-state index in [0.29, 0.717) is 13.0 Å². The lowest BCUT2D eigenvalue weighted by molar-refractivity contribution is 0.346. The fourth-order valence-corrected chi connectivity index (χ4v) is 3.45. The Bertz CT molecular complexity index is 698. The molecular formula is C20H25NO2S. The van der Waals surface area contributed by atoms with Crippen LogP contribution in [-0.4, -0.2) is 21.2 Å². The third kappa shape index (κ3) is 5.95. The van der Waals surface area contributed by atoms with Crippen molar-refractivity contribution < 1.29 is 8.42 Å². The number of sulfonamides is 1. The third-order valence-corrected chi connectivity index (χ3v) is 4.95. The van der Waals surface area contributed by atoms with Crippen LogP contribution in [0.4, 0.5) is 0 Å². The van der Waals surface area contributed by atoms with Crippen LogP contribution in [0.2, 0.25) is 0 Å². The highest BCUT2D eigenvalue weighted by Crippen LogP contribution is 2.33. The minimum atomic E-state index is -3.18. The van der Waals surface area contributed by atoms with Gasteiger partial charge in [-0.1, -0.05) is 66.7 Å². The van der Waals surface area contributed by atoms with Crippen molar-refractivity contribution in [3.8, 4) is 0 Å². The van der Waals surface area contributed by atoms with Crippen molar-refractivity contribution in [3.05, 3.63) is 84.4 Å². The molecule has 4 heteroatoms. The van der Waals surface area contributed by atoms with Crippen molar-refractivity contribution in [2.45, 2.75) is 19.3 Å². The molecule has 0 spiro atoms. The lowest BCUT2D eigenvalue weighted by Gasteiger charge is -2.31. The summed E-state index contributed by atoms with van der Waals surface area (Å²) in [5.41, 5.74) is 2.26. The van der Waals surface area contributed by atoms with Gasteiger partial charge in [-0.3, -0.25) is 0 Å². The SMILES string of the molecule is C=CC(CCNS(C)(=O)=O)(Cc1ccccc1)Cc1ccccc1. The van der Waals surface area contributed by atoms with E-state index in [1.165, 1.54) is 17.4 Å². The zero-order valence-electron chi connectivity index (χ0n) is 14.1. The molecule has 0 fully saturated rings.